The molecule has 0 fully saturated rings. The van der Waals surface area contributed by atoms with Gasteiger partial charge < -0.3 is 21.1 Å². The average Bonchev–Trinajstić information content (AvgIpc) is 2.83. The maximum atomic E-state index is 12.5. The van der Waals surface area contributed by atoms with Crippen LogP contribution in [-0.2, 0) is 4.74 Å². The third kappa shape index (κ3) is 4.46. The van der Waals surface area contributed by atoms with E-state index in [1.54, 1.807) is 6.92 Å². The van der Waals surface area contributed by atoms with Crippen LogP contribution in [0.1, 0.15) is 32.2 Å². The van der Waals surface area contributed by atoms with Gasteiger partial charge in [0.15, 0.2) is 5.11 Å². The fraction of sp³-hybridized carbons (Fsp3) is 0.471. The highest BCUT2D eigenvalue weighted by Crippen LogP contribution is 2.26. The summed E-state index contributed by atoms with van der Waals surface area (Å²) in [5.74, 6) is 0.577. The normalized spacial score (nSPS) is 11.4. The molecule has 25 heavy (non-hydrogen) atoms. The average molecular weight is 363 g/mol. The molecule has 0 saturated heterocycles. The first-order valence-electron chi connectivity index (χ1n) is 8.11. The number of nitrogens with two attached hydrogens (primary N) is 1. The number of hydrogen-bond acceptors (Lipinski definition) is 5. The minimum atomic E-state index is -0.572. The Morgan fingerprint density at radius 1 is 1.36 bits per heavy atom. The molecule has 0 aliphatic carbocycles. The van der Waals surface area contributed by atoms with Gasteiger partial charge in [-0.15, -0.1) is 0 Å². The summed E-state index contributed by atoms with van der Waals surface area (Å²) in [5.41, 5.74) is 8.06. The third-order valence-corrected chi connectivity index (χ3v) is 3.75. The molecule has 4 N–H and O–H groups in total. The Bertz CT molecular complexity index is 807. The SMILES string of the molecule is Cc1c(NC(=S)NCCN)ccc2c1nc(C)n2C(=O)OC(C)(C)C. The van der Waals surface area contributed by atoms with Gasteiger partial charge in [-0.05, 0) is 59.0 Å². The Balaban J connectivity index is 2.37. The third-order valence-electron chi connectivity index (χ3n) is 3.50. The van der Waals surface area contributed by atoms with E-state index >= 15 is 0 Å². The number of nitrogens with one attached hydrogen (secondary N) is 2. The van der Waals surface area contributed by atoms with Crippen LogP contribution in [0.15, 0.2) is 12.1 Å². The summed E-state index contributed by atoms with van der Waals surface area (Å²) in [4.78, 5) is 17.0. The Morgan fingerprint density at radius 2 is 2.04 bits per heavy atom. The van der Waals surface area contributed by atoms with E-state index in [4.69, 9.17) is 22.7 Å². The van der Waals surface area contributed by atoms with Gasteiger partial charge in [-0.25, -0.2) is 14.3 Å². The van der Waals surface area contributed by atoms with Gasteiger partial charge in [0, 0.05) is 24.3 Å². The highest BCUT2D eigenvalue weighted by atomic mass is 32.1. The predicted octanol–water partition coefficient (Wildman–Crippen LogP) is 2.68. The molecule has 0 radical (unpaired) electrons. The molecule has 2 aromatic rings. The van der Waals surface area contributed by atoms with Crippen LogP contribution < -0.4 is 16.4 Å². The minimum absolute atomic E-state index is 0.437. The van der Waals surface area contributed by atoms with E-state index in [1.807, 2.05) is 39.8 Å². The molecule has 136 valence electrons. The Labute approximate surface area is 152 Å². The molecule has 0 aliphatic heterocycles. The van der Waals surface area contributed by atoms with Crippen LogP contribution in [0.25, 0.3) is 11.0 Å². The van der Waals surface area contributed by atoms with Gasteiger partial charge in [0.25, 0.3) is 0 Å². The summed E-state index contributed by atoms with van der Waals surface area (Å²) < 4.78 is 6.96. The number of aromatic nitrogens is 2. The van der Waals surface area contributed by atoms with Crippen LogP contribution in [0.4, 0.5) is 10.5 Å². The predicted molar refractivity (Wildman–Crippen MR) is 104 cm³/mol. The van der Waals surface area contributed by atoms with Crippen molar-refractivity contribution in [2.75, 3.05) is 18.4 Å². The zero-order valence-electron chi connectivity index (χ0n) is 15.3. The van der Waals surface area contributed by atoms with Gasteiger partial charge in [-0.3, -0.25) is 0 Å². The standard InChI is InChI=1S/C17H25N5O2S/c1-10-12(21-15(25)19-9-8-18)6-7-13-14(10)20-11(2)22(13)16(23)24-17(3,4)5/h6-7H,8-9,18H2,1-5H3,(H2,19,21,25). The van der Waals surface area contributed by atoms with Crippen LogP contribution in [-0.4, -0.2) is 39.4 Å². The van der Waals surface area contributed by atoms with Gasteiger partial charge in [0.1, 0.15) is 11.4 Å². The topological polar surface area (TPSA) is 94.2 Å². The van der Waals surface area contributed by atoms with Crippen molar-refractivity contribution in [3.63, 3.8) is 0 Å². The second-order valence-electron chi connectivity index (χ2n) is 6.75. The summed E-state index contributed by atoms with van der Waals surface area (Å²) in [5, 5.41) is 6.64. The van der Waals surface area contributed by atoms with Crippen LogP contribution >= 0.6 is 12.2 Å². The van der Waals surface area contributed by atoms with Crippen molar-refractivity contribution in [1.29, 1.82) is 0 Å². The number of nitrogens with zero attached hydrogens (tertiary/aromatic N) is 2. The zero-order valence-corrected chi connectivity index (χ0v) is 16.1. The number of hydrogen-bond donors (Lipinski definition) is 3. The van der Waals surface area contributed by atoms with Crippen molar-refractivity contribution in [3.05, 3.63) is 23.5 Å². The van der Waals surface area contributed by atoms with E-state index in [0.29, 0.717) is 29.5 Å². The Hall–Kier alpha value is -2.19. The van der Waals surface area contributed by atoms with E-state index in [2.05, 4.69) is 15.6 Å². The fourth-order valence-corrected chi connectivity index (χ4v) is 2.63. The molecule has 0 spiro atoms. The maximum absolute atomic E-state index is 12.5. The molecule has 0 saturated carbocycles. The van der Waals surface area contributed by atoms with Crippen molar-refractivity contribution in [3.8, 4) is 0 Å². The first-order valence-corrected chi connectivity index (χ1v) is 8.52. The molecule has 1 heterocycles. The Morgan fingerprint density at radius 3 is 2.64 bits per heavy atom. The molecule has 7 nitrogen and oxygen atoms in total. The fourth-order valence-electron chi connectivity index (χ4n) is 2.42. The first-order chi connectivity index (χ1) is 11.6. The molecular formula is C17H25N5O2S. The molecule has 0 bridgehead atoms. The smallest absolute Gasteiger partial charge is 0.420 e. The van der Waals surface area contributed by atoms with Crippen molar-refractivity contribution in [1.82, 2.24) is 14.9 Å². The van der Waals surface area contributed by atoms with Gasteiger partial charge in [0.05, 0.1) is 11.0 Å². The lowest BCUT2D eigenvalue weighted by molar-refractivity contribution is 0.0540. The van der Waals surface area contributed by atoms with Gasteiger partial charge in [-0.2, -0.15) is 0 Å². The first kappa shape index (κ1) is 19.1. The number of aryl methyl sites for hydroxylation is 2. The highest BCUT2D eigenvalue weighted by Gasteiger charge is 2.22. The van der Waals surface area contributed by atoms with E-state index in [-0.39, 0.29) is 0 Å². The van der Waals surface area contributed by atoms with Gasteiger partial charge in [0.2, 0.25) is 0 Å². The molecule has 0 aliphatic rings. The number of carbonyl (C=O) groups excluding carboxylic acids is 1. The summed E-state index contributed by atoms with van der Waals surface area (Å²) in [6.07, 6.45) is -0.437. The second-order valence-corrected chi connectivity index (χ2v) is 7.16. The molecule has 0 atom stereocenters. The maximum Gasteiger partial charge on any atom is 0.420 e. The van der Waals surface area contributed by atoms with Crippen molar-refractivity contribution in [2.45, 2.75) is 40.2 Å². The van der Waals surface area contributed by atoms with Crippen molar-refractivity contribution >= 4 is 40.1 Å². The Kier molecular flexibility index (Phi) is 5.64. The van der Waals surface area contributed by atoms with Crippen LogP contribution in [0.3, 0.4) is 0 Å². The number of ether oxygens (including phenoxy) is 1. The van der Waals surface area contributed by atoms with E-state index in [0.717, 1.165) is 16.8 Å². The summed E-state index contributed by atoms with van der Waals surface area (Å²) in [7, 11) is 0. The van der Waals surface area contributed by atoms with Crippen LogP contribution in [0, 0.1) is 13.8 Å². The number of rotatable bonds is 3. The monoisotopic (exact) mass is 363 g/mol. The number of carbonyl (C=O) groups is 1. The molecule has 1 aromatic heterocycles. The second kappa shape index (κ2) is 7.37. The lowest BCUT2D eigenvalue weighted by Gasteiger charge is -2.20. The molecule has 1 aromatic carbocycles. The summed E-state index contributed by atoms with van der Waals surface area (Å²) in [6.45, 7) is 10.3. The lowest BCUT2D eigenvalue weighted by atomic mass is 10.1. The minimum Gasteiger partial charge on any atom is -0.443 e. The van der Waals surface area contributed by atoms with Crippen LogP contribution in [0.2, 0.25) is 0 Å². The lowest BCUT2D eigenvalue weighted by Crippen LogP contribution is -2.32. The van der Waals surface area contributed by atoms with Crippen molar-refractivity contribution < 1.29 is 9.53 Å². The molecule has 0 unspecified atom stereocenters. The molecular weight excluding hydrogens is 338 g/mol. The number of anilines is 1. The van der Waals surface area contributed by atoms with E-state index in [9.17, 15) is 4.79 Å². The number of benzene rings is 1. The molecule has 8 heteroatoms. The van der Waals surface area contributed by atoms with Gasteiger partial charge >= 0.3 is 6.09 Å². The largest absolute Gasteiger partial charge is 0.443 e. The number of fused-ring (bicyclic) bond motifs is 1. The molecule has 0 amide bonds. The number of imidazole rings is 1. The van der Waals surface area contributed by atoms with E-state index < -0.39 is 11.7 Å². The van der Waals surface area contributed by atoms with Crippen LogP contribution in [0.5, 0.6) is 0 Å². The van der Waals surface area contributed by atoms with Crippen molar-refractivity contribution in [2.24, 2.45) is 5.73 Å². The summed E-state index contributed by atoms with van der Waals surface area (Å²) >= 11 is 5.24. The number of thiocarbonyl (C=S) groups is 1. The molecule has 2 rings (SSSR count). The zero-order chi connectivity index (χ0) is 18.8. The summed E-state index contributed by atoms with van der Waals surface area (Å²) in [6, 6.07) is 3.70. The van der Waals surface area contributed by atoms with Gasteiger partial charge in [-0.1, -0.05) is 0 Å². The highest BCUT2D eigenvalue weighted by molar-refractivity contribution is 7.80. The van der Waals surface area contributed by atoms with E-state index in [1.165, 1.54) is 4.57 Å². The quantitative estimate of drug-likeness (QED) is 0.722.